The summed E-state index contributed by atoms with van der Waals surface area (Å²) in [6.45, 7) is 8.63. The maximum Gasteiger partial charge on any atom is 0.314 e. The summed E-state index contributed by atoms with van der Waals surface area (Å²) in [6.07, 6.45) is 14.9. The van der Waals surface area contributed by atoms with Crippen molar-refractivity contribution in [3.63, 3.8) is 0 Å². The highest BCUT2D eigenvalue weighted by molar-refractivity contribution is 5.82. The Hall–Kier alpha value is -3.15. The molecule has 1 spiro atoms. The van der Waals surface area contributed by atoms with Gasteiger partial charge in [0.1, 0.15) is 5.76 Å². The fraction of sp³-hybridized carbons (Fsp3) is 0.738. The van der Waals surface area contributed by atoms with Gasteiger partial charge in [0.2, 0.25) is 11.8 Å². The van der Waals surface area contributed by atoms with Gasteiger partial charge in [0.25, 0.3) is 0 Å². The Bertz CT molecular complexity index is 1470. The number of rotatable bonds is 22. The van der Waals surface area contributed by atoms with E-state index in [-0.39, 0.29) is 52.4 Å². The first-order chi connectivity index (χ1) is 25.6. The summed E-state index contributed by atoms with van der Waals surface area (Å²) in [5.41, 5.74) is 1.91. The van der Waals surface area contributed by atoms with Crippen LogP contribution in [0.1, 0.15) is 122 Å². The van der Waals surface area contributed by atoms with Crippen LogP contribution in [0.4, 0.5) is 0 Å². The molecule has 1 aromatic rings. The van der Waals surface area contributed by atoms with Crippen LogP contribution in [-0.2, 0) is 31.0 Å². The highest BCUT2D eigenvalue weighted by Gasteiger charge is 2.70. The molecule has 2 bridgehead atoms. The smallest absolute Gasteiger partial charge is 0.314 e. The van der Waals surface area contributed by atoms with E-state index in [4.69, 9.17) is 9.47 Å². The van der Waals surface area contributed by atoms with Crippen molar-refractivity contribution in [1.82, 2.24) is 26.2 Å². The van der Waals surface area contributed by atoms with Crippen molar-refractivity contribution in [2.24, 2.45) is 11.3 Å². The SMILES string of the molecule is CCCCCC[C@H](NC)C(=O)NCCCC[C@H](NC)C(=O)NCCCC[C@H](CC)C(=O)OC1=CC[C@@]2(C)[C@H]3Cc4ccc(O)c5c4[C@@]2(CCN3C)[C@H]1O5. The van der Waals surface area contributed by atoms with E-state index >= 15 is 0 Å². The number of phenols is 1. The Labute approximate surface area is 317 Å². The molecule has 11 nitrogen and oxygen atoms in total. The zero-order valence-corrected chi connectivity index (χ0v) is 33.3. The van der Waals surface area contributed by atoms with Crippen molar-refractivity contribution < 1.29 is 29.0 Å². The number of carbonyl (C=O) groups excluding carboxylic acids is 3. The van der Waals surface area contributed by atoms with Crippen molar-refractivity contribution in [3.8, 4) is 11.5 Å². The van der Waals surface area contributed by atoms with Crippen molar-refractivity contribution in [2.45, 2.75) is 147 Å². The molecule has 0 unspecified atom stereocenters. The second-order valence-electron chi connectivity index (χ2n) is 16.2. The molecule has 2 aliphatic carbocycles. The molecule has 7 atom stereocenters. The lowest BCUT2D eigenvalue weighted by Gasteiger charge is -2.63. The number of hydrogen-bond acceptors (Lipinski definition) is 9. The van der Waals surface area contributed by atoms with E-state index in [9.17, 15) is 19.5 Å². The van der Waals surface area contributed by atoms with Crippen LogP contribution >= 0.6 is 0 Å². The van der Waals surface area contributed by atoms with Gasteiger partial charge in [0.15, 0.2) is 17.6 Å². The molecule has 53 heavy (non-hydrogen) atoms. The zero-order valence-electron chi connectivity index (χ0n) is 33.3. The van der Waals surface area contributed by atoms with Gasteiger partial charge >= 0.3 is 5.97 Å². The number of nitrogens with zero attached hydrogens (tertiary/aromatic N) is 1. The normalized spacial score (nSPS) is 25.7. The van der Waals surface area contributed by atoms with Gasteiger partial charge in [-0.3, -0.25) is 14.4 Å². The third kappa shape index (κ3) is 8.42. The molecule has 4 aliphatic rings. The number of nitrogens with one attached hydrogen (secondary N) is 4. The number of phenolic OH excluding ortho intramolecular Hbond substituents is 1. The van der Waals surface area contributed by atoms with Crippen LogP contribution in [0.2, 0.25) is 0 Å². The zero-order chi connectivity index (χ0) is 38.2. The predicted molar refractivity (Wildman–Crippen MR) is 208 cm³/mol. The lowest BCUT2D eigenvalue weighted by molar-refractivity contribution is -0.150. The monoisotopic (exact) mass is 738 g/mol. The summed E-state index contributed by atoms with van der Waals surface area (Å²) in [5, 5.41) is 23.3. The van der Waals surface area contributed by atoms with Crippen molar-refractivity contribution in [1.29, 1.82) is 0 Å². The summed E-state index contributed by atoms with van der Waals surface area (Å²) in [4.78, 5) is 41.6. The molecule has 11 heteroatoms. The van der Waals surface area contributed by atoms with E-state index in [2.05, 4.69) is 53.1 Å². The summed E-state index contributed by atoms with van der Waals surface area (Å²) in [6, 6.07) is 3.69. The van der Waals surface area contributed by atoms with E-state index in [0.29, 0.717) is 49.9 Å². The van der Waals surface area contributed by atoms with Crippen LogP contribution in [0.25, 0.3) is 0 Å². The molecule has 5 N–H and O–H groups in total. The Morgan fingerprint density at radius 2 is 1.58 bits per heavy atom. The molecule has 1 aromatic carbocycles. The topological polar surface area (TPSA) is 141 Å². The number of aromatic hydroxyl groups is 1. The van der Waals surface area contributed by atoms with Crippen LogP contribution in [0, 0.1) is 11.3 Å². The number of allylic oxidation sites excluding steroid dienone is 1. The minimum absolute atomic E-state index is 0.0217. The number of amides is 2. The van der Waals surface area contributed by atoms with Crippen molar-refractivity contribution in [3.05, 3.63) is 35.1 Å². The van der Waals surface area contributed by atoms with Crippen LogP contribution in [0.15, 0.2) is 24.0 Å². The highest BCUT2D eigenvalue weighted by atomic mass is 16.6. The van der Waals surface area contributed by atoms with Crippen LogP contribution in [0.5, 0.6) is 11.5 Å². The first kappa shape index (κ1) is 41.0. The van der Waals surface area contributed by atoms with Crippen molar-refractivity contribution in [2.75, 3.05) is 40.8 Å². The highest BCUT2D eigenvalue weighted by Crippen LogP contribution is 2.68. The van der Waals surface area contributed by atoms with Crippen LogP contribution < -0.4 is 26.0 Å². The average molecular weight is 738 g/mol. The minimum atomic E-state index is -0.439. The fourth-order valence-electron chi connectivity index (χ4n) is 9.82. The average Bonchev–Trinajstić information content (AvgIpc) is 3.51. The van der Waals surface area contributed by atoms with E-state index < -0.39 is 6.10 Å². The molecule has 5 rings (SSSR count). The third-order valence-corrected chi connectivity index (χ3v) is 13.1. The lowest BCUT2D eigenvalue weighted by atomic mass is 9.45. The molecular weight excluding hydrogens is 670 g/mol. The number of likely N-dealkylation sites (N-methyl/N-ethyl adjacent to an activating group) is 3. The second kappa shape index (κ2) is 18.5. The van der Waals surface area contributed by atoms with E-state index in [1.165, 1.54) is 18.4 Å². The summed E-state index contributed by atoms with van der Waals surface area (Å²) >= 11 is 0. The van der Waals surface area contributed by atoms with Gasteiger partial charge in [-0.25, -0.2) is 0 Å². The molecule has 296 valence electrons. The molecule has 0 saturated carbocycles. The first-order valence-electron chi connectivity index (χ1n) is 20.6. The number of likely N-dealkylation sites (tertiary alicyclic amines) is 1. The second-order valence-corrected chi connectivity index (χ2v) is 16.2. The molecule has 1 saturated heterocycles. The summed E-state index contributed by atoms with van der Waals surface area (Å²) < 4.78 is 12.8. The lowest BCUT2D eigenvalue weighted by Crippen LogP contribution is -2.69. The van der Waals surface area contributed by atoms with Gasteiger partial charge in [-0.1, -0.05) is 58.9 Å². The van der Waals surface area contributed by atoms with Gasteiger partial charge in [0.05, 0.1) is 23.4 Å². The number of hydrogen-bond donors (Lipinski definition) is 5. The van der Waals surface area contributed by atoms with Crippen LogP contribution in [-0.4, -0.2) is 92.8 Å². The van der Waals surface area contributed by atoms with Gasteiger partial charge in [-0.05, 0) is 110 Å². The number of esters is 1. The van der Waals surface area contributed by atoms with Crippen LogP contribution in [0.3, 0.4) is 0 Å². The number of piperidine rings is 1. The number of benzene rings is 1. The first-order valence-corrected chi connectivity index (χ1v) is 20.6. The maximum atomic E-state index is 13.7. The largest absolute Gasteiger partial charge is 0.504 e. The van der Waals surface area contributed by atoms with E-state index in [1.54, 1.807) is 13.1 Å². The number of ether oxygens (including phenoxy) is 2. The Balaban J connectivity index is 1.04. The third-order valence-electron chi connectivity index (χ3n) is 13.1. The molecule has 2 heterocycles. The minimum Gasteiger partial charge on any atom is -0.504 e. The number of carbonyl (C=O) groups is 3. The molecule has 2 amide bonds. The molecule has 0 aromatic heterocycles. The standard InChI is InChI=1S/C42H67N5O6/c1-7-9-10-11-17-30(43-4)38(49)46-25-15-13-18-31(44-5)39(50)45-24-14-12-16-28(8-2)40(51)52-33-21-22-41(3)34-27-29-19-20-32(48)36-35(29)42(41,37(33)53-36)23-26-47(34)6/h19-21,28,30-31,34,37,43-44,48H,7-18,22-27H2,1-6H3,(H,45,50)(H,46,49)/t28-,30-,31-,34+,37-,41-,42-/m0/s1. The quantitative estimate of drug-likeness (QED) is 0.0799. The maximum absolute atomic E-state index is 13.7. The van der Waals surface area contributed by atoms with Gasteiger partial charge < -0.3 is 40.7 Å². The Morgan fingerprint density at radius 1 is 0.943 bits per heavy atom. The Morgan fingerprint density at radius 3 is 2.21 bits per heavy atom. The van der Waals surface area contributed by atoms with Gasteiger partial charge in [-0.2, -0.15) is 0 Å². The molecule has 0 radical (unpaired) electrons. The molecular formula is C42H67N5O6. The van der Waals surface area contributed by atoms with Gasteiger partial charge in [-0.15, -0.1) is 0 Å². The summed E-state index contributed by atoms with van der Waals surface area (Å²) in [5.74, 6) is 0.859. The van der Waals surface area contributed by atoms with E-state index in [0.717, 1.165) is 76.3 Å². The number of unbranched alkanes of at least 4 members (excludes halogenated alkanes) is 5. The summed E-state index contributed by atoms with van der Waals surface area (Å²) in [7, 11) is 5.85. The molecule has 2 aliphatic heterocycles. The Kier molecular flexibility index (Phi) is 14.3. The fourth-order valence-corrected chi connectivity index (χ4v) is 9.82. The van der Waals surface area contributed by atoms with E-state index in [1.807, 2.05) is 20.0 Å². The van der Waals surface area contributed by atoms with Gasteiger partial charge in [0, 0.05) is 30.1 Å². The van der Waals surface area contributed by atoms with Crippen molar-refractivity contribution >= 4 is 17.8 Å². The predicted octanol–water partition coefficient (Wildman–Crippen LogP) is 5.23. The molecule has 1 fully saturated rings.